The van der Waals surface area contributed by atoms with Crippen LogP contribution >= 0.6 is 0 Å². The largest absolute Gasteiger partial charge is 0.335 e. The van der Waals surface area contributed by atoms with Crippen LogP contribution in [0.4, 0.5) is 0 Å². The summed E-state index contributed by atoms with van der Waals surface area (Å²) >= 11 is 0. The third kappa shape index (κ3) is 4.72. The van der Waals surface area contributed by atoms with Gasteiger partial charge in [0.15, 0.2) is 0 Å². The van der Waals surface area contributed by atoms with E-state index in [4.69, 9.17) is 4.98 Å². The van der Waals surface area contributed by atoms with E-state index in [1.165, 1.54) is 6.42 Å². The summed E-state index contributed by atoms with van der Waals surface area (Å²) in [6, 6.07) is 8.62. The van der Waals surface area contributed by atoms with Crippen LogP contribution < -0.4 is 5.32 Å². The first-order chi connectivity index (χ1) is 16.5. The highest BCUT2D eigenvalue weighted by Crippen LogP contribution is 2.29. The van der Waals surface area contributed by atoms with Crippen LogP contribution in [0.25, 0.3) is 22.0 Å². The van der Waals surface area contributed by atoms with Crippen molar-refractivity contribution < 1.29 is 4.79 Å². The molecule has 3 heterocycles. The fraction of sp³-hybridized carbons (Fsp3) is 0.519. The first-order valence-electron chi connectivity index (χ1n) is 12.6. The molecular formula is C27H36N6O. The SMILES string of the molecule is Cc1ncc(-c2ccc3cnc(C(NC(=O)C4CCCCC4)N4CCN(C)CC4)cc3c2)n1C. The van der Waals surface area contributed by atoms with Gasteiger partial charge in [-0.25, -0.2) is 4.98 Å². The molecule has 1 amide bonds. The lowest BCUT2D eigenvalue weighted by Gasteiger charge is -2.38. The van der Waals surface area contributed by atoms with E-state index in [0.29, 0.717) is 0 Å². The molecule has 1 saturated heterocycles. The second-order valence-corrected chi connectivity index (χ2v) is 10.0. The Hall–Kier alpha value is -2.77. The molecule has 5 rings (SSSR count). The molecule has 180 valence electrons. The zero-order valence-electron chi connectivity index (χ0n) is 20.6. The van der Waals surface area contributed by atoms with Crippen molar-refractivity contribution in [2.45, 2.75) is 45.2 Å². The zero-order valence-corrected chi connectivity index (χ0v) is 20.6. The van der Waals surface area contributed by atoms with E-state index in [-0.39, 0.29) is 18.0 Å². The summed E-state index contributed by atoms with van der Waals surface area (Å²) in [6.45, 7) is 5.84. The number of carbonyl (C=O) groups is 1. The van der Waals surface area contributed by atoms with Crippen LogP contribution in [0.15, 0.2) is 36.7 Å². The normalized spacial score (nSPS) is 19.4. The molecule has 2 aliphatic rings. The van der Waals surface area contributed by atoms with Gasteiger partial charge in [0.1, 0.15) is 12.0 Å². The van der Waals surface area contributed by atoms with Gasteiger partial charge in [0.25, 0.3) is 0 Å². The van der Waals surface area contributed by atoms with Gasteiger partial charge in [0.05, 0.1) is 17.6 Å². The number of imidazole rings is 1. The van der Waals surface area contributed by atoms with E-state index in [2.05, 4.69) is 56.0 Å². The Balaban J connectivity index is 1.47. The molecule has 7 heteroatoms. The summed E-state index contributed by atoms with van der Waals surface area (Å²) in [5, 5.41) is 5.63. The average Bonchev–Trinajstić information content (AvgIpc) is 3.21. The summed E-state index contributed by atoms with van der Waals surface area (Å²) in [7, 11) is 4.20. The van der Waals surface area contributed by atoms with Crippen molar-refractivity contribution in [3.8, 4) is 11.3 Å². The molecule has 1 aliphatic carbocycles. The minimum absolute atomic E-state index is 0.129. The highest BCUT2D eigenvalue weighted by Gasteiger charge is 2.30. The van der Waals surface area contributed by atoms with Gasteiger partial charge in [0.2, 0.25) is 5.91 Å². The van der Waals surface area contributed by atoms with Crippen LogP contribution in [0.5, 0.6) is 0 Å². The topological polar surface area (TPSA) is 66.3 Å². The fourth-order valence-electron chi connectivity index (χ4n) is 5.29. The highest BCUT2D eigenvalue weighted by atomic mass is 16.2. The van der Waals surface area contributed by atoms with Crippen LogP contribution in [0.2, 0.25) is 0 Å². The number of hydrogen-bond acceptors (Lipinski definition) is 5. The van der Waals surface area contributed by atoms with E-state index in [9.17, 15) is 4.79 Å². The quantitative estimate of drug-likeness (QED) is 0.626. The molecule has 7 nitrogen and oxygen atoms in total. The molecule has 2 fully saturated rings. The summed E-state index contributed by atoms with van der Waals surface area (Å²) < 4.78 is 2.11. The van der Waals surface area contributed by atoms with Crippen LogP contribution in [0.3, 0.4) is 0 Å². The van der Waals surface area contributed by atoms with Gasteiger partial charge in [-0.15, -0.1) is 0 Å². The van der Waals surface area contributed by atoms with Gasteiger partial charge in [-0.3, -0.25) is 14.7 Å². The zero-order chi connectivity index (χ0) is 23.7. The number of pyridine rings is 1. The molecule has 2 aromatic heterocycles. The molecule has 1 aromatic carbocycles. The van der Waals surface area contributed by atoms with E-state index in [1.807, 2.05) is 26.4 Å². The van der Waals surface area contributed by atoms with Gasteiger partial charge in [-0.05, 0) is 44.3 Å². The molecule has 1 N–H and O–H groups in total. The maximum atomic E-state index is 13.2. The van der Waals surface area contributed by atoms with Gasteiger partial charge < -0.3 is 14.8 Å². The predicted octanol–water partition coefficient (Wildman–Crippen LogP) is 3.89. The van der Waals surface area contributed by atoms with Crippen molar-refractivity contribution in [3.05, 3.63) is 48.2 Å². The molecule has 1 aliphatic heterocycles. The van der Waals surface area contributed by atoms with Gasteiger partial charge >= 0.3 is 0 Å². The maximum Gasteiger partial charge on any atom is 0.224 e. The molecule has 3 aromatic rings. The number of aryl methyl sites for hydroxylation is 1. The van der Waals surface area contributed by atoms with E-state index in [0.717, 1.165) is 85.4 Å². The summed E-state index contributed by atoms with van der Waals surface area (Å²) in [5.74, 6) is 1.31. The third-order valence-corrected chi connectivity index (χ3v) is 7.70. The third-order valence-electron chi connectivity index (χ3n) is 7.70. The maximum absolute atomic E-state index is 13.2. The number of aromatic nitrogens is 3. The smallest absolute Gasteiger partial charge is 0.224 e. The Morgan fingerprint density at radius 3 is 2.44 bits per heavy atom. The summed E-state index contributed by atoms with van der Waals surface area (Å²) in [6.07, 6.45) is 9.23. The minimum atomic E-state index is -0.199. The molecule has 1 unspecified atom stereocenters. The number of carbonyl (C=O) groups excluding carboxylic acids is 1. The molecule has 0 spiro atoms. The standard InChI is InChI=1S/C27H36N6O/c1-19-28-18-25(32(19)3)21-9-10-22-17-29-24(16-23(22)15-21)26(33-13-11-31(2)12-14-33)30-27(34)20-7-5-4-6-8-20/h9-10,15-18,20,26H,4-8,11-14H2,1-3H3,(H,30,34). The number of benzene rings is 1. The number of likely N-dealkylation sites (N-methyl/N-ethyl adjacent to an activating group) is 1. The Morgan fingerprint density at radius 1 is 0.971 bits per heavy atom. The molecule has 1 saturated carbocycles. The van der Waals surface area contributed by atoms with Crippen LogP contribution in [-0.4, -0.2) is 63.5 Å². The van der Waals surface area contributed by atoms with Crippen LogP contribution in [-0.2, 0) is 11.8 Å². The Bertz CT molecular complexity index is 1160. The van der Waals surface area contributed by atoms with Crippen molar-refractivity contribution in [3.63, 3.8) is 0 Å². The molecule has 1 atom stereocenters. The number of rotatable bonds is 5. The monoisotopic (exact) mass is 460 g/mol. The number of amides is 1. The molecule has 0 radical (unpaired) electrons. The predicted molar refractivity (Wildman–Crippen MR) is 135 cm³/mol. The van der Waals surface area contributed by atoms with Gasteiger partial charge in [-0.2, -0.15) is 0 Å². The highest BCUT2D eigenvalue weighted by molar-refractivity contribution is 5.87. The first kappa shape index (κ1) is 23.0. The van der Waals surface area contributed by atoms with Crippen LogP contribution in [0, 0.1) is 12.8 Å². The Labute approximate surface area is 202 Å². The number of nitrogens with one attached hydrogen (secondary N) is 1. The lowest BCUT2D eigenvalue weighted by Crippen LogP contribution is -2.51. The van der Waals surface area contributed by atoms with E-state index in [1.54, 1.807) is 0 Å². The number of hydrogen-bond donors (Lipinski definition) is 1. The second kappa shape index (κ2) is 9.84. The van der Waals surface area contributed by atoms with E-state index < -0.39 is 0 Å². The number of nitrogens with zero attached hydrogens (tertiary/aromatic N) is 5. The Kier molecular flexibility index (Phi) is 6.66. The van der Waals surface area contributed by atoms with Gasteiger partial charge in [0, 0.05) is 56.3 Å². The summed E-state index contributed by atoms with van der Waals surface area (Å²) in [4.78, 5) is 27.3. The van der Waals surface area contributed by atoms with Crippen molar-refractivity contribution in [2.24, 2.45) is 13.0 Å². The van der Waals surface area contributed by atoms with Crippen molar-refractivity contribution in [1.29, 1.82) is 0 Å². The van der Waals surface area contributed by atoms with Crippen molar-refractivity contribution in [1.82, 2.24) is 29.7 Å². The van der Waals surface area contributed by atoms with Crippen LogP contribution in [0.1, 0.15) is 49.8 Å². The Morgan fingerprint density at radius 2 is 1.74 bits per heavy atom. The average molecular weight is 461 g/mol. The molecular weight excluding hydrogens is 424 g/mol. The van der Waals surface area contributed by atoms with Gasteiger partial charge in [-0.1, -0.05) is 31.4 Å². The minimum Gasteiger partial charge on any atom is -0.335 e. The van der Waals surface area contributed by atoms with Crippen molar-refractivity contribution >= 4 is 16.7 Å². The lowest BCUT2D eigenvalue weighted by molar-refractivity contribution is -0.128. The first-order valence-corrected chi connectivity index (χ1v) is 12.6. The fourth-order valence-corrected chi connectivity index (χ4v) is 5.29. The van der Waals surface area contributed by atoms with E-state index >= 15 is 0 Å². The number of fused-ring (bicyclic) bond motifs is 1. The molecule has 0 bridgehead atoms. The second-order valence-electron chi connectivity index (χ2n) is 10.0. The summed E-state index contributed by atoms with van der Waals surface area (Å²) in [5.41, 5.74) is 3.15. The lowest BCUT2D eigenvalue weighted by atomic mass is 9.88. The molecule has 34 heavy (non-hydrogen) atoms. The van der Waals surface area contributed by atoms with Crippen molar-refractivity contribution in [2.75, 3.05) is 33.2 Å². The number of piperazine rings is 1.